The van der Waals surface area contributed by atoms with Crippen molar-refractivity contribution >= 4 is 11.8 Å². The minimum atomic E-state index is -1.24. The summed E-state index contributed by atoms with van der Waals surface area (Å²) in [6.45, 7) is 4.08. The summed E-state index contributed by atoms with van der Waals surface area (Å²) in [4.78, 5) is 25.3. The second-order valence-electron chi connectivity index (χ2n) is 5.31. The lowest BCUT2D eigenvalue weighted by Gasteiger charge is -2.28. The Balaban J connectivity index is 2.78. The summed E-state index contributed by atoms with van der Waals surface area (Å²) < 4.78 is 0. The van der Waals surface area contributed by atoms with Crippen molar-refractivity contribution in [1.82, 2.24) is 10.2 Å². The molecule has 1 aromatic rings. The van der Waals surface area contributed by atoms with Gasteiger partial charge < -0.3 is 15.3 Å². The van der Waals surface area contributed by atoms with Gasteiger partial charge in [0.25, 0.3) is 0 Å². The van der Waals surface area contributed by atoms with Crippen molar-refractivity contribution in [2.75, 3.05) is 20.1 Å². The van der Waals surface area contributed by atoms with Crippen LogP contribution in [-0.2, 0) is 15.2 Å². The standard InChI is InChI=1S/C16H24N2O3/c1-4-10-18(12-14(19)17-3)15(20)11-16(2,21)13-8-6-5-7-9-13/h5-9,21H,4,10-12H2,1-3H3,(H,17,19). The van der Waals surface area contributed by atoms with E-state index in [0.717, 1.165) is 6.42 Å². The van der Waals surface area contributed by atoms with Crippen LogP contribution in [0.5, 0.6) is 0 Å². The van der Waals surface area contributed by atoms with Crippen molar-refractivity contribution in [3.63, 3.8) is 0 Å². The first-order chi connectivity index (χ1) is 9.90. The molecule has 0 aromatic heterocycles. The molecule has 0 spiro atoms. The van der Waals surface area contributed by atoms with Crippen LogP contribution < -0.4 is 5.32 Å². The molecular formula is C16H24N2O3. The van der Waals surface area contributed by atoms with Crippen LogP contribution in [-0.4, -0.2) is 42.0 Å². The molecule has 2 amide bonds. The zero-order valence-corrected chi connectivity index (χ0v) is 12.9. The molecule has 0 saturated carbocycles. The number of nitrogens with zero attached hydrogens (tertiary/aromatic N) is 1. The SMILES string of the molecule is CCCN(CC(=O)NC)C(=O)CC(C)(O)c1ccccc1. The van der Waals surface area contributed by atoms with Crippen molar-refractivity contribution in [3.05, 3.63) is 35.9 Å². The molecule has 0 radical (unpaired) electrons. The second-order valence-corrected chi connectivity index (χ2v) is 5.31. The van der Waals surface area contributed by atoms with Crippen molar-refractivity contribution in [2.45, 2.75) is 32.3 Å². The summed E-state index contributed by atoms with van der Waals surface area (Å²) in [6.07, 6.45) is 0.713. The number of carbonyl (C=O) groups is 2. The highest BCUT2D eigenvalue weighted by molar-refractivity contribution is 5.85. The van der Waals surface area contributed by atoms with Gasteiger partial charge in [-0.05, 0) is 18.9 Å². The third-order valence-electron chi connectivity index (χ3n) is 3.35. The summed E-state index contributed by atoms with van der Waals surface area (Å²) in [5.74, 6) is -0.439. The van der Waals surface area contributed by atoms with E-state index in [-0.39, 0.29) is 24.8 Å². The van der Waals surface area contributed by atoms with Gasteiger partial charge in [0, 0.05) is 13.6 Å². The Morgan fingerprint density at radius 1 is 1.29 bits per heavy atom. The lowest BCUT2D eigenvalue weighted by atomic mass is 9.92. The lowest BCUT2D eigenvalue weighted by Crippen LogP contribution is -2.42. The fraction of sp³-hybridized carbons (Fsp3) is 0.500. The molecule has 0 fully saturated rings. The van der Waals surface area contributed by atoms with Crippen molar-refractivity contribution in [2.24, 2.45) is 0 Å². The zero-order chi connectivity index (χ0) is 15.9. The summed E-state index contributed by atoms with van der Waals surface area (Å²) in [6, 6.07) is 9.08. The first-order valence-corrected chi connectivity index (χ1v) is 7.17. The molecule has 116 valence electrons. The number of aliphatic hydroxyl groups is 1. The van der Waals surface area contributed by atoms with Gasteiger partial charge in [-0.2, -0.15) is 0 Å². The van der Waals surface area contributed by atoms with Gasteiger partial charge in [-0.3, -0.25) is 9.59 Å². The van der Waals surface area contributed by atoms with Crippen molar-refractivity contribution in [3.8, 4) is 0 Å². The molecule has 0 saturated heterocycles. The topological polar surface area (TPSA) is 69.6 Å². The predicted molar refractivity (Wildman–Crippen MR) is 81.6 cm³/mol. The van der Waals surface area contributed by atoms with Crippen LogP contribution >= 0.6 is 0 Å². The predicted octanol–water partition coefficient (Wildman–Crippen LogP) is 1.27. The van der Waals surface area contributed by atoms with Gasteiger partial charge in [0.15, 0.2) is 0 Å². The minimum Gasteiger partial charge on any atom is -0.385 e. The fourth-order valence-corrected chi connectivity index (χ4v) is 2.12. The maximum Gasteiger partial charge on any atom is 0.239 e. The van der Waals surface area contributed by atoms with Gasteiger partial charge >= 0.3 is 0 Å². The van der Waals surface area contributed by atoms with Gasteiger partial charge in [-0.25, -0.2) is 0 Å². The Bertz CT molecular complexity index is 472. The average molecular weight is 292 g/mol. The third kappa shape index (κ3) is 5.19. The summed E-state index contributed by atoms with van der Waals surface area (Å²) in [7, 11) is 1.54. The third-order valence-corrected chi connectivity index (χ3v) is 3.35. The van der Waals surface area contributed by atoms with E-state index in [0.29, 0.717) is 12.1 Å². The van der Waals surface area contributed by atoms with E-state index in [4.69, 9.17) is 0 Å². The Morgan fingerprint density at radius 3 is 2.43 bits per heavy atom. The van der Waals surface area contributed by atoms with Crippen LogP contribution in [0.15, 0.2) is 30.3 Å². The molecule has 0 bridgehead atoms. The molecule has 21 heavy (non-hydrogen) atoms. The van der Waals surface area contributed by atoms with Crippen LogP contribution in [0.2, 0.25) is 0 Å². The molecule has 0 aliphatic rings. The van der Waals surface area contributed by atoms with Crippen LogP contribution in [0, 0.1) is 0 Å². The largest absolute Gasteiger partial charge is 0.385 e. The molecule has 1 aromatic carbocycles. The van der Waals surface area contributed by atoms with E-state index >= 15 is 0 Å². The number of benzene rings is 1. The average Bonchev–Trinajstić information content (AvgIpc) is 2.47. The van der Waals surface area contributed by atoms with E-state index in [1.54, 1.807) is 19.1 Å². The summed E-state index contributed by atoms with van der Waals surface area (Å²) >= 11 is 0. The van der Waals surface area contributed by atoms with Gasteiger partial charge in [-0.1, -0.05) is 37.3 Å². The fourth-order valence-electron chi connectivity index (χ4n) is 2.12. The smallest absolute Gasteiger partial charge is 0.239 e. The lowest BCUT2D eigenvalue weighted by molar-refractivity contribution is -0.140. The number of hydrogen-bond acceptors (Lipinski definition) is 3. The number of hydrogen-bond donors (Lipinski definition) is 2. The Hall–Kier alpha value is -1.88. The number of nitrogens with one attached hydrogen (secondary N) is 1. The zero-order valence-electron chi connectivity index (χ0n) is 12.9. The number of likely N-dealkylation sites (N-methyl/N-ethyl adjacent to an activating group) is 1. The van der Waals surface area contributed by atoms with Crippen LogP contribution in [0.4, 0.5) is 0 Å². The summed E-state index contributed by atoms with van der Waals surface area (Å²) in [5, 5.41) is 13.0. The van der Waals surface area contributed by atoms with Gasteiger partial charge in [0.05, 0.1) is 18.6 Å². The number of carbonyl (C=O) groups excluding carboxylic acids is 2. The first kappa shape index (κ1) is 17.2. The Morgan fingerprint density at radius 2 is 1.90 bits per heavy atom. The van der Waals surface area contributed by atoms with Crippen LogP contribution in [0.3, 0.4) is 0 Å². The van der Waals surface area contributed by atoms with Crippen LogP contribution in [0.25, 0.3) is 0 Å². The normalized spacial score (nSPS) is 13.3. The maximum absolute atomic E-state index is 12.4. The molecule has 0 aliphatic heterocycles. The van der Waals surface area contributed by atoms with E-state index in [1.807, 2.05) is 25.1 Å². The second kappa shape index (κ2) is 7.78. The van der Waals surface area contributed by atoms with Crippen molar-refractivity contribution in [1.29, 1.82) is 0 Å². The highest BCUT2D eigenvalue weighted by atomic mass is 16.3. The van der Waals surface area contributed by atoms with Crippen molar-refractivity contribution < 1.29 is 14.7 Å². The molecule has 0 aliphatic carbocycles. The van der Waals surface area contributed by atoms with Gasteiger partial charge in [-0.15, -0.1) is 0 Å². The maximum atomic E-state index is 12.4. The molecule has 5 nitrogen and oxygen atoms in total. The van der Waals surface area contributed by atoms with E-state index < -0.39 is 5.60 Å². The highest BCUT2D eigenvalue weighted by Crippen LogP contribution is 2.25. The summed E-state index contributed by atoms with van der Waals surface area (Å²) in [5.41, 5.74) is -0.553. The monoisotopic (exact) mass is 292 g/mol. The quantitative estimate of drug-likeness (QED) is 0.795. The van der Waals surface area contributed by atoms with E-state index in [9.17, 15) is 14.7 Å². The molecule has 1 unspecified atom stereocenters. The van der Waals surface area contributed by atoms with E-state index in [2.05, 4.69) is 5.32 Å². The van der Waals surface area contributed by atoms with E-state index in [1.165, 1.54) is 11.9 Å². The van der Waals surface area contributed by atoms with Gasteiger partial charge in [0.1, 0.15) is 0 Å². The molecule has 1 rings (SSSR count). The molecule has 2 N–H and O–H groups in total. The highest BCUT2D eigenvalue weighted by Gasteiger charge is 2.29. The molecule has 1 atom stereocenters. The number of rotatable bonds is 7. The van der Waals surface area contributed by atoms with Gasteiger partial charge in [0.2, 0.25) is 11.8 Å². The Kier molecular flexibility index (Phi) is 6.37. The molecular weight excluding hydrogens is 268 g/mol. The Labute approximate surface area is 126 Å². The number of amides is 2. The molecule has 5 heteroatoms. The first-order valence-electron chi connectivity index (χ1n) is 7.17. The minimum absolute atomic E-state index is 0.0219. The van der Waals surface area contributed by atoms with Crippen LogP contribution in [0.1, 0.15) is 32.3 Å². The molecule has 0 heterocycles.